The standard InChI is InChI=1S/C19H22F3N3O2/c1-11(2)8-9-25-10-14-15(17(25)26)16(23-18(27)24(14)3)12-6-4-5-7-13(12)19(20,21)22/h4-7,11,16H,8-10H2,1-3H3,(H,23,27)/t16-/m0/s1. The van der Waals surface area contributed by atoms with E-state index >= 15 is 0 Å². The average molecular weight is 381 g/mol. The molecule has 2 aliphatic rings. The van der Waals surface area contributed by atoms with Gasteiger partial charge in [-0.1, -0.05) is 32.0 Å². The maximum Gasteiger partial charge on any atom is 0.416 e. The minimum absolute atomic E-state index is 0.113. The summed E-state index contributed by atoms with van der Waals surface area (Å²) in [6.45, 7) is 4.80. The van der Waals surface area contributed by atoms with Crippen LogP contribution in [0.15, 0.2) is 35.5 Å². The van der Waals surface area contributed by atoms with Crippen LogP contribution in [0.1, 0.15) is 37.4 Å². The first-order valence-electron chi connectivity index (χ1n) is 8.84. The van der Waals surface area contributed by atoms with Crippen molar-refractivity contribution < 1.29 is 22.8 Å². The Morgan fingerprint density at radius 3 is 2.52 bits per heavy atom. The molecule has 0 unspecified atom stereocenters. The molecular formula is C19H22F3N3O2. The Labute approximate surface area is 155 Å². The van der Waals surface area contributed by atoms with Gasteiger partial charge in [-0.15, -0.1) is 0 Å². The number of halogens is 3. The molecule has 1 aromatic carbocycles. The van der Waals surface area contributed by atoms with Crippen molar-refractivity contribution in [1.82, 2.24) is 15.1 Å². The zero-order chi connectivity index (χ0) is 19.9. The van der Waals surface area contributed by atoms with Crippen molar-refractivity contribution in [1.29, 1.82) is 0 Å². The third-order valence-electron chi connectivity index (χ3n) is 4.99. The zero-order valence-corrected chi connectivity index (χ0v) is 15.4. The summed E-state index contributed by atoms with van der Waals surface area (Å²) in [4.78, 5) is 28.2. The molecule has 0 saturated carbocycles. The summed E-state index contributed by atoms with van der Waals surface area (Å²) in [5.41, 5.74) is -0.273. The van der Waals surface area contributed by atoms with Gasteiger partial charge < -0.3 is 10.2 Å². The predicted molar refractivity (Wildman–Crippen MR) is 93.5 cm³/mol. The van der Waals surface area contributed by atoms with Gasteiger partial charge in [-0.25, -0.2) is 4.79 Å². The lowest BCUT2D eigenvalue weighted by molar-refractivity contribution is -0.138. The Hall–Kier alpha value is -2.51. The Morgan fingerprint density at radius 1 is 1.22 bits per heavy atom. The first-order chi connectivity index (χ1) is 12.6. The van der Waals surface area contributed by atoms with E-state index in [1.807, 2.05) is 13.8 Å². The van der Waals surface area contributed by atoms with Crippen molar-refractivity contribution in [2.45, 2.75) is 32.5 Å². The fourth-order valence-corrected chi connectivity index (χ4v) is 3.46. The molecule has 0 spiro atoms. The lowest BCUT2D eigenvalue weighted by Gasteiger charge is -2.32. The minimum Gasteiger partial charge on any atom is -0.333 e. The van der Waals surface area contributed by atoms with Crippen molar-refractivity contribution in [3.8, 4) is 0 Å². The van der Waals surface area contributed by atoms with Crippen LogP contribution >= 0.6 is 0 Å². The molecular weight excluding hydrogens is 359 g/mol. The molecule has 8 heteroatoms. The van der Waals surface area contributed by atoms with Crippen LogP contribution in [0.4, 0.5) is 18.0 Å². The van der Waals surface area contributed by atoms with E-state index < -0.39 is 23.8 Å². The van der Waals surface area contributed by atoms with Crippen LogP contribution < -0.4 is 5.32 Å². The highest BCUT2D eigenvalue weighted by atomic mass is 19.4. The molecule has 1 N–H and O–H groups in total. The van der Waals surface area contributed by atoms with E-state index in [4.69, 9.17) is 0 Å². The van der Waals surface area contributed by atoms with Crippen LogP contribution in [0.25, 0.3) is 0 Å². The molecule has 0 fully saturated rings. The fraction of sp³-hybridized carbons (Fsp3) is 0.474. The molecule has 27 heavy (non-hydrogen) atoms. The van der Waals surface area contributed by atoms with E-state index in [9.17, 15) is 22.8 Å². The maximum atomic E-state index is 13.5. The SMILES string of the molecule is CC(C)CCN1CC2=C(C1=O)[C@H](c1ccccc1C(F)(F)F)NC(=O)N2C. The number of benzene rings is 1. The van der Waals surface area contributed by atoms with Gasteiger partial charge >= 0.3 is 12.2 Å². The van der Waals surface area contributed by atoms with E-state index in [1.165, 1.54) is 30.1 Å². The number of hydrogen-bond donors (Lipinski definition) is 1. The van der Waals surface area contributed by atoms with E-state index in [0.29, 0.717) is 18.2 Å². The molecule has 1 aromatic rings. The Balaban J connectivity index is 2.03. The summed E-state index contributed by atoms with van der Waals surface area (Å²) in [7, 11) is 1.52. The highest BCUT2D eigenvalue weighted by Crippen LogP contribution is 2.41. The molecule has 0 aliphatic carbocycles. The summed E-state index contributed by atoms with van der Waals surface area (Å²) in [5.74, 6) is 0.0640. The second-order valence-corrected chi connectivity index (χ2v) is 7.30. The van der Waals surface area contributed by atoms with Crippen LogP contribution in [0.5, 0.6) is 0 Å². The highest BCUT2D eigenvalue weighted by Gasteiger charge is 2.45. The Morgan fingerprint density at radius 2 is 1.89 bits per heavy atom. The largest absolute Gasteiger partial charge is 0.416 e. The number of hydrogen-bond acceptors (Lipinski definition) is 2. The second kappa shape index (κ2) is 6.90. The average Bonchev–Trinajstić information content (AvgIpc) is 2.92. The molecule has 0 radical (unpaired) electrons. The molecule has 0 aromatic heterocycles. The zero-order valence-electron chi connectivity index (χ0n) is 15.4. The summed E-state index contributed by atoms with van der Waals surface area (Å²) >= 11 is 0. The molecule has 3 amide bonds. The number of nitrogens with one attached hydrogen (secondary N) is 1. The maximum absolute atomic E-state index is 13.5. The predicted octanol–water partition coefficient (Wildman–Crippen LogP) is 3.54. The van der Waals surface area contributed by atoms with Gasteiger partial charge in [0.2, 0.25) is 0 Å². The lowest BCUT2D eigenvalue weighted by Crippen LogP contribution is -2.45. The van der Waals surface area contributed by atoms with E-state index in [1.54, 1.807) is 4.90 Å². The summed E-state index contributed by atoms with van der Waals surface area (Å²) < 4.78 is 40.4. The lowest BCUT2D eigenvalue weighted by atomic mass is 9.92. The van der Waals surface area contributed by atoms with Gasteiger partial charge in [-0.3, -0.25) is 9.69 Å². The molecule has 0 bridgehead atoms. The van der Waals surface area contributed by atoms with Crippen molar-refractivity contribution in [2.75, 3.05) is 20.1 Å². The second-order valence-electron chi connectivity index (χ2n) is 7.30. The van der Waals surface area contributed by atoms with Crippen LogP contribution in [0.3, 0.4) is 0 Å². The summed E-state index contributed by atoms with van der Waals surface area (Å²) in [6, 6.07) is 3.42. The van der Waals surface area contributed by atoms with Crippen LogP contribution in [-0.2, 0) is 11.0 Å². The minimum atomic E-state index is -4.58. The van der Waals surface area contributed by atoms with Gasteiger partial charge in [0.05, 0.1) is 29.4 Å². The van der Waals surface area contributed by atoms with Crippen molar-refractivity contribution in [2.24, 2.45) is 5.92 Å². The van der Waals surface area contributed by atoms with E-state index in [0.717, 1.165) is 12.5 Å². The third kappa shape index (κ3) is 3.52. The van der Waals surface area contributed by atoms with Crippen LogP contribution in [-0.4, -0.2) is 41.9 Å². The van der Waals surface area contributed by atoms with E-state index in [-0.39, 0.29) is 23.6 Å². The fourth-order valence-electron chi connectivity index (χ4n) is 3.46. The first-order valence-corrected chi connectivity index (χ1v) is 8.84. The Kier molecular flexibility index (Phi) is 4.92. The highest BCUT2D eigenvalue weighted by molar-refractivity contribution is 6.01. The van der Waals surface area contributed by atoms with Gasteiger partial charge in [-0.2, -0.15) is 13.2 Å². The quantitative estimate of drug-likeness (QED) is 0.867. The van der Waals surface area contributed by atoms with Crippen LogP contribution in [0, 0.1) is 5.92 Å². The number of carbonyl (C=O) groups is 2. The number of rotatable bonds is 4. The van der Waals surface area contributed by atoms with Crippen molar-refractivity contribution in [3.63, 3.8) is 0 Å². The first kappa shape index (κ1) is 19.3. The van der Waals surface area contributed by atoms with E-state index in [2.05, 4.69) is 5.32 Å². The summed E-state index contributed by atoms with van der Waals surface area (Å²) in [6.07, 6.45) is -3.80. The number of alkyl halides is 3. The van der Waals surface area contributed by atoms with Crippen molar-refractivity contribution >= 4 is 11.9 Å². The van der Waals surface area contributed by atoms with Crippen molar-refractivity contribution in [3.05, 3.63) is 46.7 Å². The molecule has 146 valence electrons. The van der Waals surface area contributed by atoms with Gasteiger partial charge in [-0.05, 0) is 24.0 Å². The van der Waals surface area contributed by atoms with Gasteiger partial charge in [0.1, 0.15) is 0 Å². The number of carbonyl (C=O) groups excluding carboxylic acids is 2. The normalized spacial score (nSPS) is 20.5. The molecule has 0 saturated heterocycles. The summed E-state index contributed by atoms with van der Waals surface area (Å²) in [5, 5.41) is 2.56. The molecule has 2 aliphatic heterocycles. The molecule has 3 rings (SSSR count). The smallest absolute Gasteiger partial charge is 0.333 e. The number of likely N-dealkylation sites (N-methyl/N-ethyl adjacent to an activating group) is 1. The third-order valence-corrected chi connectivity index (χ3v) is 4.99. The molecule has 5 nitrogen and oxygen atoms in total. The molecule has 1 atom stereocenters. The van der Waals surface area contributed by atoms with Gasteiger partial charge in [0.15, 0.2) is 0 Å². The van der Waals surface area contributed by atoms with Gasteiger partial charge in [0.25, 0.3) is 5.91 Å². The number of amides is 3. The number of nitrogens with zero attached hydrogens (tertiary/aromatic N) is 2. The number of urea groups is 1. The van der Waals surface area contributed by atoms with Gasteiger partial charge in [0, 0.05) is 13.6 Å². The molecule has 2 heterocycles. The topological polar surface area (TPSA) is 52.7 Å². The monoisotopic (exact) mass is 381 g/mol. The Bertz CT molecular complexity index is 802. The van der Waals surface area contributed by atoms with Crippen LogP contribution in [0.2, 0.25) is 0 Å².